The molecule has 0 aliphatic carbocycles. The van der Waals surface area contributed by atoms with Crippen LogP contribution in [0.3, 0.4) is 0 Å². The summed E-state index contributed by atoms with van der Waals surface area (Å²) < 4.78 is 31.6. The van der Waals surface area contributed by atoms with E-state index in [0.717, 1.165) is 4.31 Å². The number of aliphatic carboxylic acids is 1. The topological polar surface area (TPSA) is 83.9 Å². The van der Waals surface area contributed by atoms with E-state index in [1.54, 1.807) is 13.0 Å². The Labute approximate surface area is 128 Å². The van der Waals surface area contributed by atoms with Gasteiger partial charge in [0.1, 0.15) is 11.8 Å². The molecule has 1 aromatic carbocycles. The van der Waals surface area contributed by atoms with Gasteiger partial charge in [0.25, 0.3) is 0 Å². The van der Waals surface area contributed by atoms with Crippen molar-refractivity contribution in [2.24, 2.45) is 0 Å². The maximum Gasteiger partial charge on any atom is 0.322 e. The van der Waals surface area contributed by atoms with Crippen LogP contribution in [0.2, 0.25) is 0 Å². The number of hydrogen-bond donors (Lipinski definition) is 1. The van der Waals surface area contributed by atoms with Crippen LogP contribution in [0, 0.1) is 6.92 Å². The Morgan fingerprint density at radius 1 is 1.52 bits per heavy atom. The van der Waals surface area contributed by atoms with E-state index in [9.17, 15) is 13.2 Å². The van der Waals surface area contributed by atoms with Crippen molar-refractivity contribution in [3.05, 3.63) is 23.8 Å². The van der Waals surface area contributed by atoms with E-state index in [4.69, 9.17) is 9.84 Å². The monoisotopic (exact) mass is 331 g/mol. The Bertz CT molecular complexity index is 644. The highest BCUT2D eigenvalue weighted by Crippen LogP contribution is 2.30. The number of nitrogens with zero attached hydrogens (tertiary/aromatic N) is 1. The first kappa shape index (κ1) is 16.1. The van der Waals surface area contributed by atoms with Crippen molar-refractivity contribution in [1.29, 1.82) is 0 Å². The van der Waals surface area contributed by atoms with Crippen molar-refractivity contribution < 1.29 is 23.1 Å². The van der Waals surface area contributed by atoms with E-state index < -0.39 is 22.0 Å². The number of sulfonamides is 1. The molecule has 2 rings (SSSR count). The number of benzene rings is 1. The summed E-state index contributed by atoms with van der Waals surface area (Å²) in [7, 11) is -3.81. The van der Waals surface area contributed by atoms with Crippen molar-refractivity contribution in [2.75, 3.05) is 18.2 Å². The third-order valence-electron chi connectivity index (χ3n) is 3.18. The SMILES string of the molecule is CCOc1ccc(S(=O)(=O)N2CSC[C@H]2C(=O)O)cc1C. The molecule has 116 valence electrons. The van der Waals surface area contributed by atoms with Crippen molar-refractivity contribution in [3.8, 4) is 5.75 Å². The lowest BCUT2D eigenvalue weighted by molar-refractivity contribution is -0.140. The quantitative estimate of drug-likeness (QED) is 0.881. The summed E-state index contributed by atoms with van der Waals surface area (Å²) in [5.74, 6) is -0.0656. The molecular formula is C13H17NO5S2. The second-order valence-electron chi connectivity index (χ2n) is 4.61. The van der Waals surface area contributed by atoms with E-state index in [2.05, 4.69) is 0 Å². The lowest BCUT2D eigenvalue weighted by atomic mass is 10.2. The highest BCUT2D eigenvalue weighted by molar-refractivity contribution is 8.00. The summed E-state index contributed by atoms with van der Waals surface area (Å²) in [5, 5.41) is 9.12. The van der Waals surface area contributed by atoms with Crippen LogP contribution in [0.25, 0.3) is 0 Å². The van der Waals surface area contributed by atoms with Crippen LogP contribution in [0.1, 0.15) is 12.5 Å². The molecule has 1 saturated heterocycles. The smallest absolute Gasteiger partial charge is 0.322 e. The van der Waals surface area contributed by atoms with Crippen LogP contribution in [-0.2, 0) is 14.8 Å². The van der Waals surface area contributed by atoms with Crippen LogP contribution in [0.5, 0.6) is 5.75 Å². The molecule has 1 atom stereocenters. The van der Waals surface area contributed by atoms with Gasteiger partial charge >= 0.3 is 5.97 Å². The van der Waals surface area contributed by atoms with Gasteiger partial charge in [0.15, 0.2) is 0 Å². The Kier molecular flexibility index (Phi) is 4.80. The Morgan fingerprint density at radius 2 is 2.24 bits per heavy atom. The standard InChI is InChI=1S/C13H17NO5S2/c1-3-19-12-5-4-10(6-9(12)2)21(17,18)14-8-20-7-11(14)13(15)16/h4-6,11H,3,7-8H2,1-2H3,(H,15,16)/t11-/m0/s1. The molecule has 8 heteroatoms. The molecule has 0 spiro atoms. The minimum absolute atomic E-state index is 0.0946. The van der Waals surface area contributed by atoms with Gasteiger partial charge in [-0.05, 0) is 37.6 Å². The summed E-state index contributed by atoms with van der Waals surface area (Å²) in [5.41, 5.74) is 0.705. The number of carbonyl (C=O) groups is 1. The zero-order valence-corrected chi connectivity index (χ0v) is 13.4. The fourth-order valence-corrected chi connectivity index (χ4v) is 5.31. The molecule has 0 bridgehead atoms. The van der Waals surface area contributed by atoms with Gasteiger partial charge in [-0.25, -0.2) is 8.42 Å². The second-order valence-corrected chi connectivity index (χ2v) is 7.50. The average molecular weight is 331 g/mol. The Balaban J connectivity index is 2.35. The van der Waals surface area contributed by atoms with Gasteiger partial charge in [-0.3, -0.25) is 4.79 Å². The van der Waals surface area contributed by atoms with Crippen molar-refractivity contribution in [3.63, 3.8) is 0 Å². The maximum absolute atomic E-state index is 12.6. The normalized spacial score (nSPS) is 19.6. The van der Waals surface area contributed by atoms with Gasteiger partial charge in [-0.1, -0.05) is 0 Å². The fourth-order valence-electron chi connectivity index (χ4n) is 2.09. The molecule has 0 amide bonds. The number of rotatable bonds is 5. The summed E-state index contributed by atoms with van der Waals surface area (Å²) in [6.07, 6.45) is 0. The molecule has 1 fully saturated rings. The number of ether oxygens (including phenoxy) is 1. The van der Waals surface area contributed by atoms with E-state index in [0.29, 0.717) is 17.9 Å². The zero-order chi connectivity index (χ0) is 15.6. The maximum atomic E-state index is 12.6. The summed E-state index contributed by atoms with van der Waals surface area (Å²) in [4.78, 5) is 11.3. The summed E-state index contributed by atoms with van der Waals surface area (Å²) in [6.45, 7) is 4.11. The van der Waals surface area contributed by atoms with E-state index in [1.807, 2.05) is 6.92 Å². The predicted molar refractivity (Wildman–Crippen MR) is 80.1 cm³/mol. The van der Waals surface area contributed by atoms with Crippen LogP contribution in [-0.4, -0.2) is 48.1 Å². The molecule has 0 saturated carbocycles. The Hall–Kier alpha value is -1.25. The van der Waals surface area contributed by atoms with Crippen LogP contribution < -0.4 is 4.74 Å². The molecule has 0 aromatic heterocycles. The first-order valence-electron chi connectivity index (χ1n) is 6.43. The number of aryl methyl sites for hydroxylation is 1. The molecule has 1 N–H and O–H groups in total. The third-order valence-corrected chi connectivity index (χ3v) is 6.21. The summed E-state index contributed by atoms with van der Waals surface area (Å²) in [6, 6.07) is 3.56. The molecule has 0 unspecified atom stereocenters. The van der Waals surface area contributed by atoms with E-state index in [-0.39, 0.29) is 16.5 Å². The van der Waals surface area contributed by atoms with Gasteiger partial charge in [-0.15, -0.1) is 11.8 Å². The highest BCUT2D eigenvalue weighted by Gasteiger charge is 2.40. The summed E-state index contributed by atoms with van der Waals surface area (Å²) >= 11 is 1.30. The van der Waals surface area contributed by atoms with E-state index in [1.165, 1.54) is 23.9 Å². The van der Waals surface area contributed by atoms with Crippen molar-refractivity contribution >= 4 is 27.8 Å². The first-order chi connectivity index (χ1) is 9.87. The fraction of sp³-hybridized carbons (Fsp3) is 0.462. The van der Waals surface area contributed by atoms with Gasteiger partial charge < -0.3 is 9.84 Å². The molecule has 1 aliphatic rings. The zero-order valence-electron chi connectivity index (χ0n) is 11.8. The predicted octanol–water partition coefficient (Wildman–Crippen LogP) is 1.54. The second kappa shape index (κ2) is 6.25. The van der Waals surface area contributed by atoms with Gasteiger partial charge in [0.2, 0.25) is 10.0 Å². The number of thioether (sulfide) groups is 1. The van der Waals surface area contributed by atoms with Crippen LogP contribution in [0.15, 0.2) is 23.1 Å². The average Bonchev–Trinajstić information content (AvgIpc) is 2.91. The molecule has 6 nitrogen and oxygen atoms in total. The van der Waals surface area contributed by atoms with Crippen molar-refractivity contribution in [1.82, 2.24) is 4.31 Å². The van der Waals surface area contributed by atoms with Gasteiger partial charge in [0.05, 0.1) is 17.4 Å². The highest BCUT2D eigenvalue weighted by atomic mass is 32.2. The molecular weight excluding hydrogens is 314 g/mol. The largest absolute Gasteiger partial charge is 0.494 e. The van der Waals surface area contributed by atoms with Gasteiger partial charge in [0, 0.05) is 5.75 Å². The minimum atomic E-state index is -3.81. The number of hydrogen-bond acceptors (Lipinski definition) is 5. The lowest BCUT2D eigenvalue weighted by Gasteiger charge is -2.20. The first-order valence-corrected chi connectivity index (χ1v) is 9.03. The Morgan fingerprint density at radius 3 is 2.81 bits per heavy atom. The molecule has 21 heavy (non-hydrogen) atoms. The van der Waals surface area contributed by atoms with Crippen molar-refractivity contribution in [2.45, 2.75) is 24.8 Å². The molecule has 1 aromatic rings. The number of carboxylic acid groups (broad SMARTS) is 1. The lowest BCUT2D eigenvalue weighted by Crippen LogP contribution is -2.41. The third kappa shape index (κ3) is 3.17. The minimum Gasteiger partial charge on any atom is -0.494 e. The molecule has 0 radical (unpaired) electrons. The molecule has 1 heterocycles. The molecule has 1 aliphatic heterocycles. The number of carboxylic acids is 1. The van der Waals surface area contributed by atoms with Crippen LogP contribution >= 0.6 is 11.8 Å². The van der Waals surface area contributed by atoms with Crippen LogP contribution in [0.4, 0.5) is 0 Å². The van der Waals surface area contributed by atoms with E-state index >= 15 is 0 Å². The van der Waals surface area contributed by atoms with Gasteiger partial charge in [-0.2, -0.15) is 4.31 Å².